The lowest BCUT2D eigenvalue weighted by Crippen LogP contribution is -2.14. The number of nitrogens with one attached hydrogen (secondary N) is 1. The van der Waals surface area contributed by atoms with Crippen LogP contribution in [0, 0.1) is 11.6 Å². The Labute approximate surface area is 150 Å². The van der Waals surface area contributed by atoms with Crippen molar-refractivity contribution >= 4 is 11.6 Å². The van der Waals surface area contributed by atoms with E-state index in [1.54, 1.807) is 6.07 Å². The molecule has 4 aromatic rings. The minimum Gasteiger partial charge on any atom is -0.413 e. The zero-order valence-electron chi connectivity index (χ0n) is 13.5. The van der Waals surface area contributed by atoms with Gasteiger partial charge in [0.1, 0.15) is 11.6 Å². The predicted octanol–water partition coefficient (Wildman–Crippen LogP) is 3.92. The predicted molar refractivity (Wildman–Crippen MR) is 89.5 cm³/mol. The number of nitrogens with zero attached hydrogens (tertiary/aromatic N) is 3. The molecular weight excluding hydrogens is 358 g/mol. The molecule has 0 fully saturated rings. The largest absolute Gasteiger partial charge is 0.413 e. The number of carbonyl (C=O) groups excluding carboxylic acids is 1. The molecule has 2 aromatic carbocycles. The number of carbonyl (C=O) groups is 1. The summed E-state index contributed by atoms with van der Waals surface area (Å²) in [6.45, 7) is 0. The van der Waals surface area contributed by atoms with E-state index in [0.717, 1.165) is 12.1 Å². The van der Waals surface area contributed by atoms with E-state index in [9.17, 15) is 13.6 Å². The van der Waals surface area contributed by atoms with E-state index in [-0.39, 0.29) is 28.8 Å². The molecule has 0 atom stereocenters. The number of hydrogen-bond donors (Lipinski definition) is 1. The number of anilines is 1. The van der Waals surface area contributed by atoms with Gasteiger partial charge in [-0.2, -0.15) is 0 Å². The number of rotatable bonds is 4. The molecule has 7 nitrogen and oxygen atoms in total. The summed E-state index contributed by atoms with van der Waals surface area (Å²) in [5.74, 6) is -1.72. The summed E-state index contributed by atoms with van der Waals surface area (Å²) in [5.41, 5.74) is 0.00589. The average molecular weight is 368 g/mol. The lowest BCUT2D eigenvalue weighted by molar-refractivity contribution is 0.102. The zero-order valence-corrected chi connectivity index (χ0v) is 13.5. The molecule has 9 heteroatoms. The maximum Gasteiger partial charge on any atom is 0.286 e. The molecule has 0 spiro atoms. The van der Waals surface area contributed by atoms with Gasteiger partial charge in [0.25, 0.3) is 11.8 Å². The van der Waals surface area contributed by atoms with Gasteiger partial charge in [-0.05, 0) is 30.3 Å². The van der Waals surface area contributed by atoms with Gasteiger partial charge in [0.15, 0.2) is 0 Å². The monoisotopic (exact) mass is 368 g/mol. The van der Waals surface area contributed by atoms with Crippen molar-refractivity contribution in [3.8, 4) is 23.1 Å². The van der Waals surface area contributed by atoms with Crippen molar-refractivity contribution < 1.29 is 22.5 Å². The summed E-state index contributed by atoms with van der Waals surface area (Å²) in [6.07, 6.45) is 1.42. The molecule has 0 aliphatic heterocycles. The summed E-state index contributed by atoms with van der Waals surface area (Å²) in [5, 5.41) is 13.6. The molecule has 134 valence electrons. The lowest BCUT2D eigenvalue weighted by Gasteiger charge is -2.08. The molecule has 0 bridgehead atoms. The second kappa shape index (κ2) is 6.79. The SMILES string of the molecule is O=C(Nc1cc(-c2nnc(-c3ccno3)o2)ccc1F)c1ccccc1F. The van der Waals surface area contributed by atoms with E-state index in [0.29, 0.717) is 5.56 Å². The fourth-order valence-corrected chi connectivity index (χ4v) is 2.35. The van der Waals surface area contributed by atoms with Crippen LogP contribution in [0.2, 0.25) is 0 Å². The number of aromatic nitrogens is 3. The van der Waals surface area contributed by atoms with Crippen molar-refractivity contribution in [1.29, 1.82) is 0 Å². The zero-order chi connectivity index (χ0) is 18.8. The molecule has 0 saturated carbocycles. The van der Waals surface area contributed by atoms with Crippen molar-refractivity contribution in [3.63, 3.8) is 0 Å². The molecule has 0 aliphatic rings. The van der Waals surface area contributed by atoms with Crippen LogP contribution in [0.15, 0.2) is 63.7 Å². The van der Waals surface area contributed by atoms with Crippen molar-refractivity contribution in [3.05, 3.63) is 71.9 Å². The van der Waals surface area contributed by atoms with Gasteiger partial charge in [-0.15, -0.1) is 10.2 Å². The summed E-state index contributed by atoms with van der Waals surface area (Å²) < 4.78 is 38.2. The number of halogens is 2. The van der Waals surface area contributed by atoms with E-state index in [4.69, 9.17) is 8.94 Å². The van der Waals surface area contributed by atoms with Crippen molar-refractivity contribution in [2.75, 3.05) is 5.32 Å². The van der Waals surface area contributed by atoms with Crippen LogP contribution in [0.1, 0.15) is 10.4 Å². The number of amides is 1. The van der Waals surface area contributed by atoms with Crippen molar-refractivity contribution in [2.24, 2.45) is 0 Å². The van der Waals surface area contributed by atoms with Gasteiger partial charge in [-0.3, -0.25) is 4.79 Å². The summed E-state index contributed by atoms with van der Waals surface area (Å²) in [4.78, 5) is 12.2. The van der Waals surface area contributed by atoms with Gasteiger partial charge >= 0.3 is 0 Å². The Hall–Kier alpha value is -3.88. The van der Waals surface area contributed by atoms with Gasteiger partial charge < -0.3 is 14.3 Å². The quantitative estimate of drug-likeness (QED) is 0.587. The van der Waals surface area contributed by atoms with E-state index >= 15 is 0 Å². The maximum absolute atomic E-state index is 14.1. The average Bonchev–Trinajstić information content (AvgIpc) is 3.35. The first-order valence-corrected chi connectivity index (χ1v) is 7.72. The standard InChI is InChI=1S/C18H10F2N4O3/c19-12-4-2-1-3-11(12)16(25)22-14-9-10(5-6-13(14)20)17-23-24-18(26-17)15-7-8-21-27-15/h1-9H,(H,22,25). The molecule has 1 N–H and O–H groups in total. The third-order valence-corrected chi connectivity index (χ3v) is 3.65. The molecule has 0 unspecified atom stereocenters. The van der Waals surface area contributed by atoms with Crippen molar-refractivity contribution in [2.45, 2.75) is 0 Å². The molecule has 1 amide bonds. The van der Waals surface area contributed by atoms with Crippen LogP contribution in [0.3, 0.4) is 0 Å². The highest BCUT2D eigenvalue weighted by molar-refractivity contribution is 6.04. The Morgan fingerprint density at radius 1 is 0.963 bits per heavy atom. The van der Waals surface area contributed by atoms with Gasteiger partial charge in [-0.1, -0.05) is 17.3 Å². The Bertz CT molecular complexity index is 1110. The fraction of sp³-hybridized carbons (Fsp3) is 0. The first kappa shape index (κ1) is 16.6. The molecule has 0 aliphatic carbocycles. The summed E-state index contributed by atoms with van der Waals surface area (Å²) in [7, 11) is 0. The summed E-state index contributed by atoms with van der Waals surface area (Å²) in [6, 6.07) is 10.8. The third kappa shape index (κ3) is 3.30. The van der Waals surface area contributed by atoms with Gasteiger partial charge in [0, 0.05) is 11.6 Å². The van der Waals surface area contributed by atoms with Crippen molar-refractivity contribution in [1.82, 2.24) is 15.4 Å². The Morgan fingerprint density at radius 3 is 2.56 bits per heavy atom. The first-order chi connectivity index (χ1) is 13.1. The summed E-state index contributed by atoms with van der Waals surface area (Å²) >= 11 is 0. The van der Waals surface area contributed by atoms with E-state index in [1.807, 2.05) is 0 Å². The minimum absolute atomic E-state index is 0.0859. The van der Waals surface area contributed by atoms with Crippen LogP contribution in [0.25, 0.3) is 23.1 Å². The van der Waals surface area contributed by atoms with Crippen LogP contribution in [-0.4, -0.2) is 21.3 Å². The topological polar surface area (TPSA) is 94.1 Å². The highest BCUT2D eigenvalue weighted by Crippen LogP contribution is 2.27. The number of benzene rings is 2. The molecule has 0 radical (unpaired) electrons. The Kier molecular flexibility index (Phi) is 4.17. The highest BCUT2D eigenvalue weighted by atomic mass is 19.1. The molecule has 2 heterocycles. The lowest BCUT2D eigenvalue weighted by atomic mass is 10.1. The molecule has 27 heavy (non-hydrogen) atoms. The van der Waals surface area contributed by atoms with Gasteiger partial charge in [0.05, 0.1) is 17.4 Å². The molecular formula is C18H10F2N4O3. The normalized spacial score (nSPS) is 10.7. The second-order valence-electron chi connectivity index (χ2n) is 5.42. The molecule has 4 rings (SSSR count). The van der Waals surface area contributed by atoms with Crippen LogP contribution in [0.5, 0.6) is 0 Å². The second-order valence-corrected chi connectivity index (χ2v) is 5.42. The molecule has 2 aromatic heterocycles. The fourth-order valence-electron chi connectivity index (χ4n) is 2.35. The first-order valence-electron chi connectivity index (χ1n) is 7.72. The smallest absolute Gasteiger partial charge is 0.286 e. The molecule has 0 saturated heterocycles. The number of hydrogen-bond acceptors (Lipinski definition) is 6. The van der Waals surface area contributed by atoms with Crippen LogP contribution in [-0.2, 0) is 0 Å². The Balaban J connectivity index is 1.62. The third-order valence-electron chi connectivity index (χ3n) is 3.65. The van der Waals surface area contributed by atoms with Gasteiger partial charge in [-0.25, -0.2) is 8.78 Å². The maximum atomic E-state index is 14.1. The van der Waals surface area contributed by atoms with Crippen LogP contribution < -0.4 is 5.32 Å². The van der Waals surface area contributed by atoms with Crippen LogP contribution in [0.4, 0.5) is 14.5 Å². The van der Waals surface area contributed by atoms with E-state index < -0.39 is 17.5 Å². The van der Waals surface area contributed by atoms with E-state index in [2.05, 4.69) is 20.7 Å². The highest BCUT2D eigenvalue weighted by Gasteiger charge is 2.17. The van der Waals surface area contributed by atoms with Crippen LogP contribution >= 0.6 is 0 Å². The van der Waals surface area contributed by atoms with Gasteiger partial charge in [0.2, 0.25) is 11.7 Å². The Morgan fingerprint density at radius 2 is 1.78 bits per heavy atom. The van der Waals surface area contributed by atoms with E-state index in [1.165, 1.54) is 36.5 Å². The minimum atomic E-state index is -0.781.